The molecule has 12 heteroatoms. The van der Waals surface area contributed by atoms with Crippen LogP contribution >= 0.6 is 0 Å². The van der Waals surface area contributed by atoms with Crippen LogP contribution in [0.2, 0.25) is 0 Å². The van der Waals surface area contributed by atoms with Gasteiger partial charge in [0.2, 0.25) is 11.8 Å². The number of hydrogen-bond donors (Lipinski definition) is 3. The number of esters is 1. The fraction of sp³-hybridized carbons (Fsp3) is 0.576. The van der Waals surface area contributed by atoms with Crippen molar-refractivity contribution in [3.63, 3.8) is 0 Å². The van der Waals surface area contributed by atoms with E-state index in [0.717, 1.165) is 36.7 Å². The molecule has 2 aliphatic rings. The molecule has 4 rings (SSSR count). The molecule has 2 aromatic rings. The van der Waals surface area contributed by atoms with E-state index in [1.54, 1.807) is 6.92 Å². The summed E-state index contributed by atoms with van der Waals surface area (Å²) in [4.78, 5) is 62.7. The minimum absolute atomic E-state index is 0.0210. The Morgan fingerprint density at radius 3 is 2.38 bits per heavy atom. The zero-order chi connectivity index (χ0) is 33.8. The topological polar surface area (TPSA) is 162 Å². The highest BCUT2D eigenvalue weighted by Gasteiger charge is 2.27. The number of aromatic nitrogens is 2. The fourth-order valence-electron chi connectivity index (χ4n) is 4.77. The number of hydrogen-bond acceptors (Lipinski definition) is 8. The molecule has 1 saturated carbocycles. The minimum atomic E-state index is -0.626. The van der Waals surface area contributed by atoms with Crippen molar-refractivity contribution in [3.8, 4) is 0 Å². The largest absolute Gasteiger partial charge is 0.459 e. The lowest BCUT2D eigenvalue weighted by molar-refractivity contribution is -0.144. The number of nitrogens with one attached hydrogen (secondary N) is 3. The van der Waals surface area contributed by atoms with Crippen molar-refractivity contribution < 1.29 is 28.4 Å². The third-order valence-electron chi connectivity index (χ3n) is 6.79. The molecule has 1 aliphatic carbocycles. The molecule has 0 aromatic carbocycles. The summed E-state index contributed by atoms with van der Waals surface area (Å²) in [5, 5.41) is 11.7. The van der Waals surface area contributed by atoms with E-state index >= 15 is 0 Å². The van der Waals surface area contributed by atoms with Crippen molar-refractivity contribution in [3.05, 3.63) is 58.4 Å². The number of amides is 3. The molecule has 3 amide bonds. The maximum Gasteiger partial charge on any atom is 0.330 e. The Bertz CT molecular complexity index is 1290. The summed E-state index contributed by atoms with van der Waals surface area (Å²) in [7, 11) is 0. The molecule has 2 atom stereocenters. The fourth-order valence-corrected chi connectivity index (χ4v) is 4.77. The molecule has 250 valence electrons. The highest BCUT2D eigenvalue weighted by molar-refractivity contribution is 6.02. The van der Waals surface area contributed by atoms with Crippen LogP contribution in [0.1, 0.15) is 103 Å². The second kappa shape index (κ2) is 21.5. The molecule has 45 heavy (non-hydrogen) atoms. The van der Waals surface area contributed by atoms with Gasteiger partial charge in [0.25, 0.3) is 11.5 Å². The average molecular weight is 630 g/mol. The van der Waals surface area contributed by atoms with Gasteiger partial charge in [0.1, 0.15) is 24.1 Å². The summed E-state index contributed by atoms with van der Waals surface area (Å²) in [6.45, 7) is 13.9. The lowest BCUT2D eigenvalue weighted by Crippen LogP contribution is -2.40. The van der Waals surface area contributed by atoms with Crippen molar-refractivity contribution in [1.29, 1.82) is 0 Å². The van der Waals surface area contributed by atoms with E-state index in [-0.39, 0.29) is 35.9 Å². The molecule has 0 spiro atoms. The van der Waals surface area contributed by atoms with Crippen molar-refractivity contribution in [2.45, 2.75) is 112 Å². The first-order valence-electron chi connectivity index (χ1n) is 16.2. The monoisotopic (exact) mass is 629 g/mol. The summed E-state index contributed by atoms with van der Waals surface area (Å²) in [5.74, 6) is -1.57. The van der Waals surface area contributed by atoms with Crippen LogP contribution in [0.15, 0.2) is 45.9 Å². The van der Waals surface area contributed by atoms with Gasteiger partial charge >= 0.3 is 5.97 Å². The maximum atomic E-state index is 12.9. The van der Waals surface area contributed by atoms with E-state index in [4.69, 9.17) is 9.26 Å². The molecule has 2 fully saturated rings. The summed E-state index contributed by atoms with van der Waals surface area (Å²) >= 11 is 0. The molecule has 1 unspecified atom stereocenters. The van der Waals surface area contributed by atoms with Gasteiger partial charge in [0.15, 0.2) is 5.69 Å². The molecule has 2 aromatic heterocycles. The van der Waals surface area contributed by atoms with Gasteiger partial charge in [-0.2, -0.15) is 0 Å². The number of carbonyl (C=O) groups is 4. The molecule has 1 saturated heterocycles. The third kappa shape index (κ3) is 13.1. The highest BCUT2D eigenvalue weighted by Crippen LogP contribution is 2.21. The van der Waals surface area contributed by atoms with Crippen LogP contribution in [-0.2, 0) is 25.7 Å². The molecular weight excluding hydrogens is 578 g/mol. The predicted molar refractivity (Wildman–Crippen MR) is 174 cm³/mol. The standard InChI is InChI=1S/C27H33N5O7.3C2H6/c1-17-14-22(31-39-17)26(36)30-21-8-5-13-32(27(21)37)16-23(33)29-19(15-18-11-12-28-25(18)35)9-10-24(34)38-20-6-3-2-4-7-20;3*1-2/h5,8-10,13-14,18-20H,2-4,6-7,11-12,15-16H2,1H3,(H,28,35)(H,29,33)(H,30,36);3*1-2H3/b10-9+;;;/t18-,19?;;;/m0.../s1. The number of carbonyl (C=O) groups excluding carboxylic acids is 4. The van der Waals surface area contributed by atoms with Crippen LogP contribution in [-0.4, -0.2) is 52.1 Å². The number of aryl methyl sites for hydroxylation is 1. The number of anilines is 1. The number of ether oxygens (including phenoxy) is 1. The smallest absolute Gasteiger partial charge is 0.330 e. The van der Waals surface area contributed by atoms with E-state index in [9.17, 15) is 24.0 Å². The van der Waals surface area contributed by atoms with E-state index in [0.29, 0.717) is 25.1 Å². The number of pyridine rings is 1. The number of rotatable bonds is 10. The first-order valence-corrected chi connectivity index (χ1v) is 16.2. The normalized spacial score (nSPS) is 16.4. The van der Waals surface area contributed by atoms with E-state index < -0.39 is 29.4 Å². The average Bonchev–Trinajstić information content (AvgIpc) is 3.68. The molecule has 1 aliphatic heterocycles. The third-order valence-corrected chi connectivity index (χ3v) is 6.79. The Kier molecular flexibility index (Phi) is 18.5. The van der Waals surface area contributed by atoms with Crippen LogP contribution in [0.4, 0.5) is 5.69 Å². The molecule has 3 heterocycles. The second-order valence-corrected chi connectivity index (χ2v) is 9.87. The molecule has 3 N–H and O–H groups in total. The summed E-state index contributed by atoms with van der Waals surface area (Å²) in [6, 6.07) is 3.76. The summed E-state index contributed by atoms with van der Waals surface area (Å²) in [5.41, 5.74) is -0.590. The molecule has 0 bridgehead atoms. The van der Waals surface area contributed by atoms with Gasteiger partial charge in [-0.1, -0.05) is 59.2 Å². The van der Waals surface area contributed by atoms with Crippen molar-refractivity contribution in [2.24, 2.45) is 5.92 Å². The van der Waals surface area contributed by atoms with Crippen LogP contribution in [0.25, 0.3) is 0 Å². The van der Waals surface area contributed by atoms with Crippen LogP contribution in [0.3, 0.4) is 0 Å². The second-order valence-electron chi connectivity index (χ2n) is 9.87. The van der Waals surface area contributed by atoms with Crippen molar-refractivity contribution in [2.75, 3.05) is 11.9 Å². The molecule has 12 nitrogen and oxygen atoms in total. The Labute approximate surface area is 266 Å². The Hall–Kier alpha value is -4.22. The van der Waals surface area contributed by atoms with Crippen LogP contribution < -0.4 is 21.5 Å². The predicted octanol–water partition coefficient (Wildman–Crippen LogP) is 4.92. The van der Waals surface area contributed by atoms with Crippen LogP contribution in [0, 0.1) is 12.8 Å². The van der Waals surface area contributed by atoms with Gasteiger partial charge in [-0.25, -0.2) is 4.79 Å². The summed E-state index contributed by atoms with van der Waals surface area (Å²) in [6.07, 6.45) is 9.96. The minimum Gasteiger partial charge on any atom is -0.459 e. The number of nitrogens with zero attached hydrogens (tertiary/aromatic N) is 2. The van der Waals surface area contributed by atoms with Crippen molar-refractivity contribution in [1.82, 2.24) is 20.4 Å². The quantitative estimate of drug-likeness (QED) is 0.247. The van der Waals surface area contributed by atoms with Crippen molar-refractivity contribution >= 4 is 29.4 Å². The van der Waals surface area contributed by atoms with E-state index in [2.05, 4.69) is 21.1 Å². The van der Waals surface area contributed by atoms with Gasteiger partial charge in [-0.3, -0.25) is 19.2 Å². The van der Waals surface area contributed by atoms with E-state index in [1.165, 1.54) is 36.5 Å². The summed E-state index contributed by atoms with van der Waals surface area (Å²) < 4.78 is 11.6. The van der Waals surface area contributed by atoms with E-state index in [1.807, 2.05) is 41.5 Å². The zero-order valence-electron chi connectivity index (χ0n) is 27.8. The Balaban J connectivity index is 0.00000159. The maximum absolute atomic E-state index is 12.9. The zero-order valence-corrected chi connectivity index (χ0v) is 27.8. The van der Waals surface area contributed by atoms with Gasteiger partial charge in [0.05, 0.1) is 0 Å². The molecule has 0 radical (unpaired) electrons. The lowest BCUT2D eigenvalue weighted by Gasteiger charge is -2.21. The Morgan fingerprint density at radius 1 is 1.09 bits per heavy atom. The first-order chi connectivity index (χ1) is 21.8. The Morgan fingerprint density at radius 2 is 1.78 bits per heavy atom. The van der Waals surface area contributed by atoms with Crippen LogP contribution in [0.5, 0.6) is 0 Å². The molecular formula is C33H51N5O7. The van der Waals surface area contributed by atoms with Gasteiger partial charge < -0.3 is 29.8 Å². The van der Waals surface area contributed by atoms with Gasteiger partial charge in [0, 0.05) is 36.8 Å². The SMILES string of the molecule is CC.CC.CC.Cc1cc(C(=O)Nc2cccn(CC(=O)NC(/C=C/C(=O)OC3CCCCC3)C[C@@H]3CCNC3=O)c2=O)no1. The highest BCUT2D eigenvalue weighted by atomic mass is 16.5. The van der Waals surface area contributed by atoms with Gasteiger partial charge in [-0.05, 0) is 57.6 Å². The first kappa shape index (κ1) is 38.8. The van der Waals surface area contributed by atoms with Gasteiger partial charge in [-0.15, -0.1) is 0 Å². The lowest BCUT2D eigenvalue weighted by atomic mass is 9.97.